The second kappa shape index (κ2) is 9.31. The minimum atomic E-state index is -0.618. The first kappa shape index (κ1) is 24.0. The summed E-state index contributed by atoms with van der Waals surface area (Å²) in [5.74, 6) is -0.0000327. The second-order valence-electron chi connectivity index (χ2n) is 11.1. The van der Waals surface area contributed by atoms with Crippen molar-refractivity contribution in [2.24, 2.45) is 0 Å². The minimum Gasteiger partial charge on any atom is -0.492 e. The lowest BCUT2D eigenvalue weighted by Crippen LogP contribution is -2.52. The maximum Gasteiger partial charge on any atom is 0.255 e. The SMILES string of the molecule is O=C1CCC(N2Cc3c(ccc4c3OCC43CCN(Cc4cccc(-c5ccccn5)c4)CC3)C2=O)C(=O)N1. The highest BCUT2D eigenvalue weighted by Crippen LogP contribution is 2.49. The van der Waals surface area contributed by atoms with Crippen LogP contribution < -0.4 is 10.1 Å². The van der Waals surface area contributed by atoms with Gasteiger partial charge >= 0.3 is 0 Å². The van der Waals surface area contributed by atoms with E-state index in [0.717, 1.165) is 55.0 Å². The van der Waals surface area contributed by atoms with E-state index in [0.29, 0.717) is 25.1 Å². The van der Waals surface area contributed by atoms with Crippen LogP contribution in [-0.2, 0) is 28.1 Å². The Labute approximate surface area is 227 Å². The number of likely N-dealkylation sites (tertiary alicyclic amines) is 1. The molecular formula is C31H30N4O4. The molecule has 1 N–H and O–H groups in total. The van der Waals surface area contributed by atoms with Gasteiger partial charge in [-0.2, -0.15) is 0 Å². The number of hydrogen-bond donors (Lipinski definition) is 1. The molecule has 8 heteroatoms. The zero-order valence-corrected chi connectivity index (χ0v) is 21.7. The summed E-state index contributed by atoms with van der Waals surface area (Å²) in [5.41, 5.74) is 6.03. The second-order valence-corrected chi connectivity index (χ2v) is 11.1. The van der Waals surface area contributed by atoms with Crippen LogP contribution >= 0.6 is 0 Å². The number of pyridine rings is 1. The summed E-state index contributed by atoms with van der Waals surface area (Å²) in [6.45, 7) is 3.79. The maximum absolute atomic E-state index is 13.2. The smallest absolute Gasteiger partial charge is 0.255 e. The molecule has 0 radical (unpaired) electrons. The Kier molecular flexibility index (Phi) is 5.74. The van der Waals surface area contributed by atoms with E-state index in [1.807, 2.05) is 30.5 Å². The number of nitrogens with zero attached hydrogens (tertiary/aromatic N) is 3. The van der Waals surface area contributed by atoms with Crippen LogP contribution in [0.1, 0.15) is 52.7 Å². The summed E-state index contributed by atoms with van der Waals surface area (Å²) in [6, 6.07) is 18.0. The van der Waals surface area contributed by atoms with Gasteiger partial charge in [0.05, 0.1) is 18.8 Å². The normalized spacial score (nSPS) is 22.0. The monoisotopic (exact) mass is 522 g/mol. The van der Waals surface area contributed by atoms with Crippen molar-refractivity contribution < 1.29 is 19.1 Å². The van der Waals surface area contributed by atoms with Crippen LogP contribution in [-0.4, -0.2) is 58.2 Å². The van der Waals surface area contributed by atoms with Crippen LogP contribution in [0.2, 0.25) is 0 Å². The Morgan fingerprint density at radius 2 is 1.90 bits per heavy atom. The van der Waals surface area contributed by atoms with E-state index in [4.69, 9.17) is 4.74 Å². The van der Waals surface area contributed by atoms with Gasteiger partial charge < -0.3 is 9.64 Å². The van der Waals surface area contributed by atoms with Gasteiger partial charge in [0.2, 0.25) is 11.8 Å². The van der Waals surface area contributed by atoms with Crippen LogP contribution in [0.25, 0.3) is 11.3 Å². The van der Waals surface area contributed by atoms with Crippen molar-refractivity contribution in [3.05, 3.63) is 83.0 Å². The van der Waals surface area contributed by atoms with Crippen molar-refractivity contribution in [3.8, 4) is 17.0 Å². The highest BCUT2D eigenvalue weighted by molar-refractivity contribution is 6.05. The Hall–Kier alpha value is -4.04. The molecule has 198 valence electrons. The molecule has 0 aliphatic carbocycles. The van der Waals surface area contributed by atoms with Gasteiger partial charge in [-0.05, 0) is 62.2 Å². The lowest BCUT2D eigenvalue weighted by Gasteiger charge is -2.38. The van der Waals surface area contributed by atoms with Gasteiger partial charge in [-0.1, -0.05) is 30.3 Å². The molecule has 2 fully saturated rings. The first-order valence-corrected chi connectivity index (χ1v) is 13.7. The van der Waals surface area contributed by atoms with E-state index in [2.05, 4.69) is 45.5 Å². The van der Waals surface area contributed by atoms with E-state index in [1.165, 1.54) is 11.1 Å². The average molecular weight is 523 g/mol. The number of aromatic nitrogens is 1. The number of amides is 3. The fraction of sp³-hybridized carbons (Fsp3) is 0.355. The molecular weight excluding hydrogens is 492 g/mol. The maximum atomic E-state index is 13.2. The number of fused-ring (bicyclic) bond motifs is 4. The quantitative estimate of drug-likeness (QED) is 0.528. The van der Waals surface area contributed by atoms with Gasteiger partial charge in [0.15, 0.2) is 0 Å². The Morgan fingerprint density at radius 1 is 1.03 bits per heavy atom. The van der Waals surface area contributed by atoms with Gasteiger partial charge in [-0.3, -0.25) is 29.6 Å². The Balaban J connectivity index is 1.06. The highest BCUT2D eigenvalue weighted by atomic mass is 16.5. The van der Waals surface area contributed by atoms with Gasteiger partial charge in [0.25, 0.3) is 5.91 Å². The van der Waals surface area contributed by atoms with E-state index >= 15 is 0 Å². The molecule has 0 bridgehead atoms. The number of carbonyl (C=O) groups excluding carboxylic acids is 3. The van der Waals surface area contributed by atoms with Crippen LogP contribution in [0, 0.1) is 0 Å². The summed E-state index contributed by atoms with van der Waals surface area (Å²) >= 11 is 0. The van der Waals surface area contributed by atoms with Crippen LogP contribution in [0.4, 0.5) is 0 Å². The topological polar surface area (TPSA) is 91.8 Å². The van der Waals surface area contributed by atoms with Crippen molar-refractivity contribution in [3.63, 3.8) is 0 Å². The number of nitrogens with one attached hydrogen (secondary N) is 1. The molecule has 2 saturated heterocycles. The molecule has 4 aliphatic heterocycles. The third-order valence-electron chi connectivity index (χ3n) is 8.84. The fourth-order valence-corrected chi connectivity index (χ4v) is 6.66. The van der Waals surface area contributed by atoms with Crippen molar-refractivity contribution >= 4 is 17.7 Å². The first-order valence-electron chi connectivity index (χ1n) is 13.7. The molecule has 7 rings (SSSR count). The van der Waals surface area contributed by atoms with Crippen molar-refractivity contribution in [2.75, 3.05) is 19.7 Å². The third kappa shape index (κ3) is 4.10. The molecule has 4 aliphatic rings. The third-order valence-corrected chi connectivity index (χ3v) is 8.84. The number of carbonyl (C=O) groups is 3. The molecule has 1 atom stereocenters. The van der Waals surface area contributed by atoms with Crippen LogP contribution in [0.3, 0.4) is 0 Å². The largest absolute Gasteiger partial charge is 0.492 e. The van der Waals surface area contributed by atoms with Crippen molar-refractivity contribution in [2.45, 2.75) is 50.2 Å². The lowest BCUT2D eigenvalue weighted by atomic mass is 9.74. The van der Waals surface area contributed by atoms with E-state index in [-0.39, 0.29) is 29.6 Å². The summed E-state index contributed by atoms with van der Waals surface area (Å²) in [6.07, 6.45) is 4.41. The number of rotatable bonds is 4. The summed E-state index contributed by atoms with van der Waals surface area (Å²) in [7, 11) is 0. The lowest BCUT2D eigenvalue weighted by molar-refractivity contribution is -0.136. The predicted octanol–water partition coefficient (Wildman–Crippen LogP) is 3.44. The summed E-state index contributed by atoms with van der Waals surface area (Å²) in [4.78, 5) is 45.9. The molecule has 1 unspecified atom stereocenters. The van der Waals surface area contributed by atoms with E-state index in [1.54, 1.807) is 4.90 Å². The molecule has 0 saturated carbocycles. The predicted molar refractivity (Wildman–Crippen MR) is 144 cm³/mol. The molecule has 2 aromatic carbocycles. The molecule has 3 aromatic rings. The Morgan fingerprint density at radius 3 is 2.69 bits per heavy atom. The molecule has 8 nitrogen and oxygen atoms in total. The summed E-state index contributed by atoms with van der Waals surface area (Å²) < 4.78 is 6.32. The van der Waals surface area contributed by atoms with Crippen LogP contribution in [0.15, 0.2) is 60.8 Å². The fourth-order valence-electron chi connectivity index (χ4n) is 6.66. The number of piperidine rings is 2. The van der Waals surface area contributed by atoms with Gasteiger partial charge in [0, 0.05) is 46.8 Å². The number of imide groups is 1. The zero-order chi connectivity index (χ0) is 26.6. The Bertz CT molecular complexity index is 1480. The zero-order valence-electron chi connectivity index (χ0n) is 21.7. The highest BCUT2D eigenvalue weighted by Gasteiger charge is 2.47. The number of benzene rings is 2. The number of hydrogen-bond acceptors (Lipinski definition) is 6. The van der Waals surface area contributed by atoms with Crippen LogP contribution in [0.5, 0.6) is 5.75 Å². The standard InChI is InChI=1S/C31H30N4O4/c36-27-10-9-26(29(37)33-27)35-18-23-22(30(35)38)7-8-24-28(23)39-19-31(24)11-14-34(15-12-31)17-20-4-3-5-21(16-20)25-6-1-2-13-32-25/h1-8,13,16,26H,9-12,14-15,17-19H2,(H,33,36,37). The first-order chi connectivity index (χ1) is 19.0. The summed E-state index contributed by atoms with van der Waals surface area (Å²) in [5, 5.41) is 2.37. The van der Waals surface area contributed by atoms with Gasteiger partial charge in [0.1, 0.15) is 11.8 Å². The molecule has 5 heterocycles. The van der Waals surface area contributed by atoms with E-state index in [9.17, 15) is 14.4 Å². The van der Waals surface area contributed by atoms with Gasteiger partial charge in [-0.15, -0.1) is 0 Å². The van der Waals surface area contributed by atoms with Gasteiger partial charge in [-0.25, -0.2) is 0 Å². The van der Waals surface area contributed by atoms with E-state index < -0.39 is 6.04 Å². The molecule has 3 amide bonds. The molecule has 1 spiro atoms. The van der Waals surface area contributed by atoms with Crippen molar-refractivity contribution in [1.82, 2.24) is 20.1 Å². The molecule has 39 heavy (non-hydrogen) atoms. The number of ether oxygens (including phenoxy) is 1. The van der Waals surface area contributed by atoms with Crippen molar-refractivity contribution in [1.29, 1.82) is 0 Å². The molecule has 1 aromatic heterocycles. The average Bonchev–Trinajstić information content (AvgIpc) is 3.48. The minimum absolute atomic E-state index is 0.0538.